The van der Waals surface area contributed by atoms with Gasteiger partial charge in [0.05, 0.1) is 0 Å². The molecule has 1 aliphatic heterocycles. The molecule has 2 aliphatic rings. The van der Waals surface area contributed by atoms with E-state index in [9.17, 15) is 0 Å². The van der Waals surface area contributed by atoms with Crippen LogP contribution >= 0.6 is 0 Å². The van der Waals surface area contributed by atoms with Gasteiger partial charge in [-0.05, 0) is 62.8 Å². The summed E-state index contributed by atoms with van der Waals surface area (Å²) in [4.78, 5) is 2.66. The van der Waals surface area contributed by atoms with E-state index >= 15 is 0 Å². The Kier molecular flexibility index (Phi) is 4.30. The zero-order valence-electron chi connectivity index (χ0n) is 13.0. The summed E-state index contributed by atoms with van der Waals surface area (Å²) in [6.45, 7) is 4.78. The number of nitrogens with zero attached hydrogens (tertiary/aromatic N) is 1. The molecule has 2 nitrogen and oxygen atoms in total. The van der Waals surface area contributed by atoms with E-state index in [0.29, 0.717) is 6.04 Å². The van der Waals surface area contributed by atoms with E-state index in [4.69, 9.17) is 0 Å². The molecule has 20 heavy (non-hydrogen) atoms. The van der Waals surface area contributed by atoms with E-state index < -0.39 is 0 Å². The number of rotatable bonds is 4. The predicted octanol–water partition coefficient (Wildman–Crippen LogP) is 3.91. The molecule has 0 spiro atoms. The summed E-state index contributed by atoms with van der Waals surface area (Å²) in [5.74, 6) is 0.942. The summed E-state index contributed by atoms with van der Waals surface area (Å²) >= 11 is 0. The Morgan fingerprint density at radius 2 is 2.05 bits per heavy atom. The summed E-state index contributed by atoms with van der Waals surface area (Å²) in [6.07, 6.45) is 8.35. The lowest BCUT2D eigenvalue weighted by molar-refractivity contribution is 0.519. The third-order valence-corrected chi connectivity index (χ3v) is 5.20. The molecular formula is C18H28N2. The topological polar surface area (TPSA) is 15.3 Å². The van der Waals surface area contributed by atoms with Gasteiger partial charge in [0.15, 0.2) is 0 Å². The molecule has 1 atom stereocenters. The van der Waals surface area contributed by atoms with Crippen molar-refractivity contribution >= 4 is 5.69 Å². The maximum absolute atomic E-state index is 3.34. The molecule has 1 fully saturated rings. The van der Waals surface area contributed by atoms with Crippen molar-refractivity contribution in [3.05, 3.63) is 29.3 Å². The van der Waals surface area contributed by atoms with Crippen molar-refractivity contribution < 1.29 is 0 Å². The average molecular weight is 272 g/mol. The van der Waals surface area contributed by atoms with Crippen molar-refractivity contribution in [1.82, 2.24) is 5.32 Å². The molecule has 0 aromatic heterocycles. The summed E-state index contributed by atoms with van der Waals surface area (Å²) in [6, 6.07) is 7.56. The Bertz CT molecular complexity index is 449. The molecule has 0 saturated heterocycles. The maximum Gasteiger partial charge on any atom is 0.0399 e. The van der Waals surface area contributed by atoms with Crippen molar-refractivity contribution in [3.8, 4) is 0 Å². The quantitative estimate of drug-likeness (QED) is 0.894. The van der Waals surface area contributed by atoms with E-state index in [2.05, 4.69) is 35.3 Å². The molecule has 1 N–H and O–H groups in total. The molecule has 0 amide bonds. The highest BCUT2D eigenvalue weighted by Crippen LogP contribution is 2.33. The van der Waals surface area contributed by atoms with Crippen LogP contribution in [-0.2, 0) is 6.42 Å². The summed E-state index contributed by atoms with van der Waals surface area (Å²) < 4.78 is 0. The molecule has 3 rings (SSSR count). The number of nitrogens with one attached hydrogen (secondary N) is 1. The van der Waals surface area contributed by atoms with E-state index in [1.165, 1.54) is 62.9 Å². The number of aryl methyl sites for hydroxylation is 1. The first-order valence-corrected chi connectivity index (χ1v) is 8.33. The largest absolute Gasteiger partial charge is 0.371 e. The Balaban J connectivity index is 1.78. The summed E-state index contributed by atoms with van der Waals surface area (Å²) in [7, 11) is 2.04. The summed E-state index contributed by atoms with van der Waals surface area (Å²) in [5.41, 5.74) is 4.50. The lowest BCUT2D eigenvalue weighted by Gasteiger charge is -2.34. The Labute approximate surface area is 123 Å². The molecule has 1 aliphatic carbocycles. The van der Waals surface area contributed by atoms with Gasteiger partial charge in [0.2, 0.25) is 0 Å². The molecule has 1 unspecified atom stereocenters. The molecule has 0 bridgehead atoms. The Morgan fingerprint density at radius 1 is 1.25 bits per heavy atom. The van der Waals surface area contributed by atoms with Crippen molar-refractivity contribution in [1.29, 1.82) is 0 Å². The van der Waals surface area contributed by atoms with E-state index in [1.54, 1.807) is 5.56 Å². The molecule has 2 heteroatoms. The van der Waals surface area contributed by atoms with Crippen LogP contribution in [0.3, 0.4) is 0 Å². The van der Waals surface area contributed by atoms with Crippen molar-refractivity contribution in [3.63, 3.8) is 0 Å². The van der Waals surface area contributed by atoms with E-state index in [-0.39, 0.29) is 0 Å². The summed E-state index contributed by atoms with van der Waals surface area (Å²) in [5, 5.41) is 3.34. The second kappa shape index (κ2) is 6.17. The van der Waals surface area contributed by atoms with Crippen LogP contribution in [0, 0.1) is 5.92 Å². The van der Waals surface area contributed by atoms with Crippen LogP contribution < -0.4 is 10.2 Å². The first-order chi connectivity index (χ1) is 9.78. The third-order valence-electron chi connectivity index (χ3n) is 5.20. The molecule has 110 valence electrons. The van der Waals surface area contributed by atoms with Gasteiger partial charge in [-0.15, -0.1) is 0 Å². The van der Waals surface area contributed by atoms with Gasteiger partial charge in [0, 0.05) is 24.8 Å². The zero-order valence-corrected chi connectivity index (χ0v) is 13.0. The third kappa shape index (κ3) is 2.85. The van der Waals surface area contributed by atoms with Crippen LogP contribution in [0.25, 0.3) is 0 Å². The van der Waals surface area contributed by atoms with Crippen LogP contribution in [0.15, 0.2) is 18.2 Å². The fraction of sp³-hybridized carbons (Fsp3) is 0.667. The minimum absolute atomic E-state index is 0.450. The van der Waals surface area contributed by atoms with Crippen molar-refractivity contribution in [2.45, 2.75) is 51.5 Å². The second-order valence-electron chi connectivity index (χ2n) is 6.60. The van der Waals surface area contributed by atoms with Gasteiger partial charge in [-0.25, -0.2) is 0 Å². The highest BCUT2D eigenvalue weighted by atomic mass is 15.1. The highest BCUT2D eigenvalue weighted by molar-refractivity contribution is 5.57. The first kappa shape index (κ1) is 13.9. The van der Waals surface area contributed by atoms with Gasteiger partial charge in [-0.3, -0.25) is 0 Å². The normalized spacial score (nSPS) is 21.0. The molecule has 1 aromatic carbocycles. The first-order valence-electron chi connectivity index (χ1n) is 8.33. The minimum atomic E-state index is 0.450. The lowest BCUT2D eigenvalue weighted by Crippen LogP contribution is -2.33. The minimum Gasteiger partial charge on any atom is -0.371 e. The van der Waals surface area contributed by atoms with Gasteiger partial charge in [-0.1, -0.05) is 25.0 Å². The zero-order chi connectivity index (χ0) is 13.9. The maximum atomic E-state index is 3.34. The molecule has 1 aromatic rings. The number of benzene rings is 1. The number of hydrogen-bond donors (Lipinski definition) is 1. The van der Waals surface area contributed by atoms with Crippen LogP contribution in [0.5, 0.6) is 0 Å². The highest BCUT2D eigenvalue weighted by Gasteiger charge is 2.23. The molecule has 1 saturated carbocycles. The molecule has 1 heterocycles. The Hall–Kier alpha value is -1.02. The van der Waals surface area contributed by atoms with Gasteiger partial charge >= 0.3 is 0 Å². The van der Waals surface area contributed by atoms with Crippen LogP contribution in [0.4, 0.5) is 5.69 Å². The van der Waals surface area contributed by atoms with E-state index in [1.807, 2.05) is 7.05 Å². The number of anilines is 1. The van der Waals surface area contributed by atoms with Gasteiger partial charge in [-0.2, -0.15) is 0 Å². The fourth-order valence-electron chi connectivity index (χ4n) is 3.83. The second-order valence-corrected chi connectivity index (χ2v) is 6.60. The van der Waals surface area contributed by atoms with Crippen LogP contribution in [0.2, 0.25) is 0 Å². The fourth-order valence-corrected chi connectivity index (χ4v) is 3.83. The number of hydrogen-bond acceptors (Lipinski definition) is 2. The van der Waals surface area contributed by atoms with Gasteiger partial charge in [0.1, 0.15) is 0 Å². The lowest BCUT2D eigenvalue weighted by atomic mass is 9.95. The average Bonchev–Trinajstić information content (AvgIpc) is 2.99. The number of fused-ring (bicyclic) bond motifs is 1. The van der Waals surface area contributed by atoms with Gasteiger partial charge < -0.3 is 10.2 Å². The standard InChI is InChI=1S/C18H28N2/c1-14(19-2)16-9-10-18-17(12-16)8-5-11-20(18)13-15-6-3-4-7-15/h9-10,12,14-15,19H,3-8,11,13H2,1-2H3. The molecule has 0 radical (unpaired) electrons. The Morgan fingerprint density at radius 3 is 2.80 bits per heavy atom. The van der Waals surface area contributed by atoms with Crippen molar-refractivity contribution in [2.75, 3.05) is 25.0 Å². The van der Waals surface area contributed by atoms with Gasteiger partial charge in [0.25, 0.3) is 0 Å². The SMILES string of the molecule is CNC(C)c1ccc2c(c1)CCCN2CC1CCCC1. The monoisotopic (exact) mass is 272 g/mol. The van der Waals surface area contributed by atoms with Crippen LogP contribution in [-0.4, -0.2) is 20.1 Å². The smallest absolute Gasteiger partial charge is 0.0399 e. The van der Waals surface area contributed by atoms with Crippen LogP contribution in [0.1, 0.15) is 56.2 Å². The van der Waals surface area contributed by atoms with E-state index in [0.717, 1.165) is 5.92 Å². The molecular weight excluding hydrogens is 244 g/mol. The predicted molar refractivity (Wildman–Crippen MR) is 86.4 cm³/mol. The van der Waals surface area contributed by atoms with Crippen molar-refractivity contribution in [2.24, 2.45) is 5.92 Å².